The molecule has 0 radical (unpaired) electrons. The van der Waals surface area contributed by atoms with Crippen molar-refractivity contribution in [3.8, 4) is 0 Å². The molecule has 0 spiro atoms. The third-order valence-corrected chi connectivity index (χ3v) is 6.10. The summed E-state index contributed by atoms with van der Waals surface area (Å²) in [6.07, 6.45) is 2.77. The van der Waals surface area contributed by atoms with Gasteiger partial charge in [0.2, 0.25) is 0 Å². The zero-order valence-electron chi connectivity index (χ0n) is 12.4. The fraction of sp³-hybridized carbons (Fsp3) is 0.111. The molecule has 2 aromatic carbocycles. The molecule has 0 atom stereocenters. The van der Waals surface area contributed by atoms with Gasteiger partial charge >= 0.3 is 0 Å². The Balaban J connectivity index is 1.89. The number of halogens is 2. The Morgan fingerprint density at radius 2 is 2.00 bits per heavy atom. The van der Waals surface area contributed by atoms with Crippen LogP contribution in [0.25, 0.3) is 21.8 Å². The van der Waals surface area contributed by atoms with Crippen LogP contribution in [0.1, 0.15) is 16.8 Å². The van der Waals surface area contributed by atoms with Gasteiger partial charge in [0.15, 0.2) is 0 Å². The van der Waals surface area contributed by atoms with Crippen LogP contribution < -0.4 is 0 Å². The van der Waals surface area contributed by atoms with Crippen LogP contribution in [-0.2, 0) is 6.42 Å². The topological polar surface area (TPSA) is 20.7 Å². The van der Waals surface area contributed by atoms with Crippen LogP contribution in [-0.4, -0.2) is 8.96 Å². The molecule has 0 aliphatic carbocycles. The third-order valence-electron chi connectivity index (χ3n) is 4.36. The molecule has 1 N–H and O–H groups in total. The summed E-state index contributed by atoms with van der Waals surface area (Å²) in [5.74, 6) is -0.195. The predicted molar refractivity (Wildman–Crippen MR) is 105 cm³/mol. The predicted octanol–water partition coefficient (Wildman–Crippen LogP) is 6.01. The Kier molecular flexibility index (Phi) is 3.85. The third kappa shape index (κ3) is 2.46. The van der Waals surface area contributed by atoms with E-state index in [0.29, 0.717) is 0 Å². The molecule has 0 fully saturated rings. The fourth-order valence-corrected chi connectivity index (χ4v) is 5.05. The molecule has 0 saturated carbocycles. The van der Waals surface area contributed by atoms with E-state index in [1.54, 1.807) is 21.3 Å². The molecule has 0 amide bonds. The lowest BCUT2D eigenvalue weighted by molar-refractivity contribution is 0.629. The SMILES string of the molecule is Cc1c(Cc2c[nH]c3ccc(F)cc23)n(SI)c2ccccc12. The van der Waals surface area contributed by atoms with Crippen molar-refractivity contribution in [1.29, 1.82) is 0 Å². The molecular formula is C18H14FIN2S. The van der Waals surface area contributed by atoms with E-state index in [-0.39, 0.29) is 5.82 Å². The zero-order valence-corrected chi connectivity index (χ0v) is 15.4. The largest absolute Gasteiger partial charge is 0.361 e. The van der Waals surface area contributed by atoms with Crippen molar-refractivity contribution < 1.29 is 4.39 Å². The van der Waals surface area contributed by atoms with Crippen LogP contribution in [0.4, 0.5) is 4.39 Å². The molecule has 5 heteroatoms. The van der Waals surface area contributed by atoms with Crippen LogP contribution in [0, 0.1) is 12.7 Å². The molecule has 0 unspecified atom stereocenters. The Bertz CT molecular complexity index is 1020. The Morgan fingerprint density at radius 1 is 1.17 bits per heavy atom. The molecule has 0 bridgehead atoms. The highest BCUT2D eigenvalue weighted by Crippen LogP contribution is 2.34. The molecule has 2 nitrogen and oxygen atoms in total. The summed E-state index contributed by atoms with van der Waals surface area (Å²) in [6.45, 7) is 2.16. The van der Waals surface area contributed by atoms with Crippen molar-refractivity contribution in [2.45, 2.75) is 13.3 Å². The Morgan fingerprint density at radius 3 is 2.83 bits per heavy atom. The number of hydrogen-bond acceptors (Lipinski definition) is 1. The van der Waals surface area contributed by atoms with E-state index in [2.05, 4.69) is 61.4 Å². The minimum Gasteiger partial charge on any atom is -0.361 e. The molecule has 0 aliphatic rings. The van der Waals surface area contributed by atoms with Gasteiger partial charge in [0, 0.05) is 64.9 Å². The Labute approximate surface area is 149 Å². The second-order valence-electron chi connectivity index (χ2n) is 5.63. The minimum absolute atomic E-state index is 0.195. The monoisotopic (exact) mass is 436 g/mol. The molecule has 23 heavy (non-hydrogen) atoms. The molecule has 116 valence electrons. The molecule has 4 aromatic rings. The molecule has 2 heterocycles. The van der Waals surface area contributed by atoms with Gasteiger partial charge in [-0.25, -0.2) is 4.39 Å². The van der Waals surface area contributed by atoms with Crippen molar-refractivity contribution in [1.82, 2.24) is 8.96 Å². The number of rotatable bonds is 3. The highest BCUT2D eigenvalue weighted by molar-refractivity contribution is 14.2. The maximum atomic E-state index is 13.6. The van der Waals surface area contributed by atoms with Crippen molar-refractivity contribution >= 4 is 52.1 Å². The highest BCUT2D eigenvalue weighted by atomic mass is 127. The summed E-state index contributed by atoms with van der Waals surface area (Å²) >= 11 is 2.32. The summed E-state index contributed by atoms with van der Waals surface area (Å²) in [6, 6.07) is 13.3. The first-order chi connectivity index (χ1) is 11.2. The van der Waals surface area contributed by atoms with Crippen LogP contribution in [0.15, 0.2) is 48.7 Å². The number of fused-ring (bicyclic) bond motifs is 2. The first-order valence-electron chi connectivity index (χ1n) is 7.32. The van der Waals surface area contributed by atoms with Gasteiger partial charge in [0.1, 0.15) is 5.82 Å². The second kappa shape index (κ2) is 5.87. The van der Waals surface area contributed by atoms with Crippen LogP contribution >= 0.6 is 30.3 Å². The minimum atomic E-state index is -0.195. The summed E-state index contributed by atoms with van der Waals surface area (Å²) in [4.78, 5) is 3.24. The highest BCUT2D eigenvalue weighted by Gasteiger charge is 2.16. The number of nitrogens with zero attached hydrogens (tertiary/aromatic N) is 1. The summed E-state index contributed by atoms with van der Waals surface area (Å²) in [5, 5.41) is 2.23. The van der Waals surface area contributed by atoms with E-state index in [0.717, 1.165) is 22.9 Å². The van der Waals surface area contributed by atoms with Gasteiger partial charge < -0.3 is 4.98 Å². The van der Waals surface area contributed by atoms with E-state index in [4.69, 9.17) is 0 Å². The van der Waals surface area contributed by atoms with Gasteiger partial charge in [0.05, 0.1) is 5.52 Å². The lowest BCUT2D eigenvalue weighted by Gasteiger charge is -2.06. The summed E-state index contributed by atoms with van der Waals surface area (Å²) in [5.41, 5.74) is 5.87. The number of aromatic amines is 1. The number of nitrogens with one attached hydrogen (secondary N) is 1. The number of aromatic nitrogens is 2. The van der Waals surface area contributed by atoms with E-state index < -0.39 is 0 Å². The number of hydrogen-bond donors (Lipinski definition) is 1. The fourth-order valence-electron chi connectivity index (χ4n) is 3.18. The average Bonchev–Trinajstić information content (AvgIpc) is 3.08. The first kappa shape index (κ1) is 15.1. The first-order valence-corrected chi connectivity index (χ1v) is 10.6. The Hall–Kier alpha value is -1.47. The average molecular weight is 436 g/mol. The van der Waals surface area contributed by atoms with Gasteiger partial charge in [-0.2, -0.15) is 0 Å². The van der Waals surface area contributed by atoms with Gasteiger partial charge in [-0.15, -0.1) is 0 Å². The quantitative estimate of drug-likeness (QED) is 0.391. The second-order valence-corrected chi connectivity index (χ2v) is 7.32. The lowest BCUT2D eigenvalue weighted by Crippen LogP contribution is -1.96. The molecule has 0 saturated heterocycles. The van der Waals surface area contributed by atoms with Gasteiger partial charge in [-0.05, 0) is 42.3 Å². The molecular weight excluding hydrogens is 422 g/mol. The van der Waals surface area contributed by atoms with Gasteiger partial charge in [-0.3, -0.25) is 3.97 Å². The normalized spacial score (nSPS) is 11.6. The smallest absolute Gasteiger partial charge is 0.123 e. The molecule has 4 rings (SSSR count). The molecule has 2 aromatic heterocycles. The van der Waals surface area contributed by atoms with Crippen LogP contribution in [0.2, 0.25) is 0 Å². The standard InChI is InChI=1S/C18H14FIN2S/c1-11-14-4-2-3-5-17(14)22(23-20)18(11)8-12-10-21-16-7-6-13(19)9-15(12)16/h2-7,9-10,21H,8H2,1H3. The van der Waals surface area contributed by atoms with Crippen molar-refractivity contribution in [2.24, 2.45) is 0 Å². The van der Waals surface area contributed by atoms with Crippen molar-refractivity contribution in [2.75, 3.05) is 0 Å². The van der Waals surface area contributed by atoms with E-state index in [1.165, 1.54) is 28.2 Å². The van der Waals surface area contributed by atoms with Crippen LogP contribution in [0.3, 0.4) is 0 Å². The summed E-state index contributed by atoms with van der Waals surface area (Å²) in [7, 11) is 1.68. The maximum Gasteiger partial charge on any atom is 0.123 e. The van der Waals surface area contributed by atoms with Gasteiger partial charge in [0.25, 0.3) is 0 Å². The molecule has 0 aliphatic heterocycles. The van der Waals surface area contributed by atoms with E-state index >= 15 is 0 Å². The number of aryl methyl sites for hydroxylation is 1. The maximum absolute atomic E-state index is 13.6. The number of benzene rings is 2. The summed E-state index contributed by atoms with van der Waals surface area (Å²) < 4.78 is 15.9. The number of para-hydroxylation sites is 1. The number of H-pyrrole nitrogens is 1. The lowest BCUT2D eigenvalue weighted by atomic mass is 10.1. The van der Waals surface area contributed by atoms with E-state index in [1.807, 2.05) is 6.20 Å². The van der Waals surface area contributed by atoms with Crippen molar-refractivity contribution in [3.63, 3.8) is 0 Å². The van der Waals surface area contributed by atoms with Gasteiger partial charge in [-0.1, -0.05) is 18.2 Å². The zero-order chi connectivity index (χ0) is 16.0. The van der Waals surface area contributed by atoms with Crippen LogP contribution in [0.5, 0.6) is 0 Å². The van der Waals surface area contributed by atoms with Crippen molar-refractivity contribution in [3.05, 3.63) is 71.3 Å². The van der Waals surface area contributed by atoms with E-state index in [9.17, 15) is 4.39 Å².